The molecule has 16 heavy (non-hydrogen) atoms. The molecular weight excluding hydrogens is 222 g/mol. The summed E-state index contributed by atoms with van der Waals surface area (Å²) in [5.41, 5.74) is 1.21. The zero-order valence-corrected chi connectivity index (χ0v) is 9.87. The summed E-state index contributed by atoms with van der Waals surface area (Å²) in [6.07, 6.45) is 8.61. The van der Waals surface area contributed by atoms with E-state index in [1.807, 2.05) is 0 Å². The molecule has 0 saturated heterocycles. The van der Waals surface area contributed by atoms with Crippen LogP contribution in [0.5, 0.6) is 0 Å². The molecule has 1 heterocycles. The van der Waals surface area contributed by atoms with Gasteiger partial charge in [-0.1, -0.05) is 18.9 Å². The van der Waals surface area contributed by atoms with Crippen molar-refractivity contribution >= 4 is 17.3 Å². The van der Waals surface area contributed by atoms with Gasteiger partial charge < -0.3 is 5.11 Å². The van der Waals surface area contributed by atoms with E-state index in [0.717, 1.165) is 5.01 Å². The van der Waals surface area contributed by atoms with Crippen LogP contribution in [0.2, 0.25) is 0 Å². The fraction of sp³-hybridized carbons (Fsp3) is 0.500. The molecule has 1 aromatic heterocycles. The third kappa shape index (κ3) is 2.92. The number of aromatic nitrogens is 1. The molecule has 1 aliphatic carbocycles. The van der Waals surface area contributed by atoms with Crippen LogP contribution in [0.1, 0.15) is 42.3 Å². The summed E-state index contributed by atoms with van der Waals surface area (Å²) in [6, 6.07) is 0. The van der Waals surface area contributed by atoms with E-state index >= 15 is 0 Å². The smallest absolute Gasteiger partial charge is 0.327 e. The molecule has 1 fully saturated rings. The molecule has 4 heteroatoms. The molecule has 86 valence electrons. The Morgan fingerprint density at radius 3 is 3.00 bits per heavy atom. The maximum Gasteiger partial charge on any atom is 0.327 e. The third-order valence-corrected chi connectivity index (χ3v) is 3.79. The van der Waals surface area contributed by atoms with E-state index in [1.54, 1.807) is 17.4 Å². The van der Waals surface area contributed by atoms with Crippen molar-refractivity contribution in [1.82, 2.24) is 4.98 Å². The minimum absolute atomic E-state index is 0.629. The third-order valence-electron chi connectivity index (χ3n) is 2.90. The summed E-state index contributed by atoms with van der Waals surface area (Å²) in [6.45, 7) is 0. The van der Waals surface area contributed by atoms with Crippen LogP contribution in [0.3, 0.4) is 0 Å². The minimum Gasteiger partial charge on any atom is -0.478 e. The van der Waals surface area contributed by atoms with Crippen LogP contribution in [0, 0.1) is 0 Å². The van der Waals surface area contributed by atoms with Gasteiger partial charge in [-0.25, -0.2) is 9.78 Å². The average Bonchev–Trinajstić information content (AvgIpc) is 2.85. The van der Waals surface area contributed by atoms with Gasteiger partial charge in [-0.15, -0.1) is 11.3 Å². The second kappa shape index (κ2) is 5.25. The van der Waals surface area contributed by atoms with Crippen molar-refractivity contribution in [2.75, 3.05) is 0 Å². The Morgan fingerprint density at radius 2 is 2.31 bits per heavy atom. The maximum absolute atomic E-state index is 10.3. The Morgan fingerprint density at radius 1 is 1.56 bits per heavy atom. The summed E-state index contributed by atoms with van der Waals surface area (Å²) in [7, 11) is 0. The molecule has 0 aliphatic heterocycles. The first-order chi connectivity index (χ1) is 7.75. The first-order valence-corrected chi connectivity index (χ1v) is 6.47. The number of aliphatic carboxylic acids is 1. The Hall–Kier alpha value is -1.16. The molecule has 1 saturated carbocycles. The fourth-order valence-corrected chi connectivity index (χ4v) is 2.94. The second-order valence-corrected chi connectivity index (χ2v) is 5.03. The zero-order valence-electron chi connectivity index (χ0n) is 9.06. The molecule has 1 N–H and O–H groups in total. The Kier molecular flexibility index (Phi) is 3.72. The highest BCUT2D eigenvalue weighted by atomic mass is 32.1. The van der Waals surface area contributed by atoms with E-state index in [1.165, 1.54) is 37.5 Å². The molecule has 1 aromatic rings. The largest absolute Gasteiger partial charge is 0.478 e. The van der Waals surface area contributed by atoms with E-state index in [4.69, 9.17) is 5.11 Å². The van der Waals surface area contributed by atoms with Crippen LogP contribution in [0.15, 0.2) is 17.5 Å². The Labute approximate surface area is 98.8 Å². The molecule has 3 nitrogen and oxygen atoms in total. The van der Waals surface area contributed by atoms with Crippen molar-refractivity contribution < 1.29 is 9.90 Å². The summed E-state index contributed by atoms with van der Waals surface area (Å²) >= 11 is 1.63. The van der Waals surface area contributed by atoms with Crippen LogP contribution in [0.25, 0.3) is 0 Å². The Balaban J connectivity index is 1.94. The predicted molar refractivity (Wildman–Crippen MR) is 63.8 cm³/mol. The quantitative estimate of drug-likeness (QED) is 0.819. The number of allylic oxidation sites excluding steroid dienone is 1. The highest BCUT2D eigenvalue weighted by molar-refractivity contribution is 7.09. The van der Waals surface area contributed by atoms with Crippen molar-refractivity contribution in [3.05, 3.63) is 28.2 Å². The lowest BCUT2D eigenvalue weighted by molar-refractivity contribution is -0.131. The molecule has 0 unspecified atom stereocenters. The molecule has 0 bridgehead atoms. The van der Waals surface area contributed by atoms with E-state index in [2.05, 4.69) is 10.4 Å². The van der Waals surface area contributed by atoms with Crippen molar-refractivity contribution in [2.24, 2.45) is 0 Å². The van der Waals surface area contributed by atoms with Crippen molar-refractivity contribution in [2.45, 2.75) is 38.0 Å². The molecule has 2 rings (SSSR count). The predicted octanol–water partition coefficient (Wildman–Crippen LogP) is 2.98. The lowest BCUT2D eigenvalue weighted by Crippen LogP contribution is -1.93. The number of carbonyl (C=O) groups is 1. The van der Waals surface area contributed by atoms with Crippen LogP contribution in [-0.4, -0.2) is 16.1 Å². The average molecular weight is 237 g/mol. The number of carboxylic acids is 1. The van der Waals surface area contributed by atoms with Gasteiger partial charge >= 0.3 is 5.97 Å². The van der Waals surface area contributed by atoms with Crippen molar-refractivity contribution in [1.29, 1.82) is 0 Å². The number of carboxylic acid groups (broad SMARTS) is 1. The lowest BCUT2D eigenvalue weighted by atomic mass is 10.1. The number of nitrogens with zero attached hydrogens (tertiary/aromatic N) is 1. The number of hydrogen-bond donors (Lipinski definition) is 1. The summed E-state index contributed by atoms with van der Waals surface area (Å²) in [4.78, 5) is 14.9. The summed E-state index contributed by atoms with van der Waals surface area (Å²) < 4.78 is 0. The molecular formula is C12H15NO2S. The van der Waals surface area contributed by atoms with Gasteiger partial charge in [0.2, 0.25) is 0 Å². The van der Waals surface area contributed by atoms with E-state index < -0.39 is 5.97 Å². The number of hydrogen-bond acceptors (Lipinski definition) is 3. The molecule has 0 aromatic carbocycles. The van der Waals surface area contributed by atoms with Gasteiger partial charge in [0.05, 0.1) is 10.7 Å². The van der Waals surface area contributed by atoms with Crippen molar-refractivity contribution in [3.8, 4) is 0 Å². The standard InChI is InChI=1S/C12H15NO2S/c14-12(15)7-3-6-11-13-10(8-16-11)9-4-1-2-5-9/h3,7-9H,1-2,4-6H2,(H,14,15)/b7-3+. The normalized spacial score (nSPS) is 17.2. The van der Waals surface area contributed by atoms with Crippen LogP contribution in [0.4, 0.5) is 0 Å². The van der Waals surface area contributed by atoms with Crippen LogP contribution >= 0.6 is 11.3 Å². The highest BCUT2D eigenvalue weighted by Crippen LogP contribution is 2.34. The van der Waals surface area contributed by atoms with Gasteiger partial charge in [0, 0.05) is 23.8 Å². The first-order valence-electron chi connectivity index (χ1n) is 5.59. The SMILES string of the molecule is O=C(O)/C=C/Cc1nc(C2CCCC2)cs1. The van der Waals surface area contributed by atoms with E-state index in [-0.39, 0.29) is 0 Å². The number of rotatable bonds is 4. The Bertz CT molecular complexity index is 391. The van der Waals surface area contributed by atoms with Crippen LogP contribution < -0.4 is 0 Å². The lowest BCUT2D eigenvalue weighted by Gasteiger charge is -2.02. The van der Waals surface area contributed by atoms with Gasteiger partial charge in [0.25, 0.3) is 0 Å². The molecule has 0 amide bonds. The minimum atomic E-state index is -0.896. The van der Waals surface area contributed by atoms with Crippen LogP contribution in [-0.2, 0) is 11.2 Å². The van der Waals surface area contributed by atoms with Gasteiger partial charge in [-0.3, -0.25) is 0 Å². The molecule has 1 aliphatic rings. The second-order valence-electron chi connectivity index (χ2n) is 4.09. The summed E-state index contributed by atoms with van der Waals surface area (Å²) in [5.74, 6) is -0.249. The number of thiazole rings is 1. The first kappa shape index (κ1) is 11.3. The monoisotopic (exact) mass is 237 g/mol. The van der Waals surface area contributed by atoms with E-state index in [9.17, 15) is 4.79 Å². The highest BCUT2D eigenvalue weighted by Gasteiger charge is 2.19. The van der Waals surface area contributed by atoms with Gasteiger partial charge in [-0.2, -0.15) is 0 Å². The maximum atomic E-state index is 10.3. The van der Waals surface area contributed by atoms with Gasteiger partial charge in [-0.05, 0) is 12.8 Å². The zero-order chi connectivity index (χ0) is 11.4. The van der Waals surface area contributed by atoms with Gasteiger partial charge in [0.1, 0.15) is 0 Å². The molecule has 0 atom stereocenters. The fourth-order valence-electron chi connectivity index (χ4n) is 2.09. The molecule has 0 spiro atoms. The van der Waals surface area contributed by atoms with Gasteiger partial charge in [0.15, 0.2) is 0 Å². The van der Waals surface area contributed by atoms with Crippen molar-refractivity contribution in [3.63, 3.8) is 0 Å². The topological polar surface area (TPSA) is 50.2 Å². The molecule has 0 radical (unpaired) electrons. The summed E-state index contributed by atoms with van der Waals surface area (Å²) in [5, 5.41) is 11.6. The van der Waals surface area contributed by atoms with E-state index in [0.29, 0.717) is 12.3 Å².